The lowest BCUT2D eigenvalue weighted by Gasteiger charge is -2.32. The summed E-state index contributed by atoms with van der Waals surface area (Å²) in [5.41, 5.74) is 6.62. The quantitative estimate of drug-likeness (QED) is 0.0777. The van der Waals surface area contributed by atoms with Gasteiger partial charge in [-0.1, -0.05) is 60.7 Å². The van der Waals surface area contributed by atoms with Crippen LogP contribution in [0.2, 0.25) is 0 Å². The summed E-state index contributed by atoms with van der Waals surface area (Å²) in [7, 11) is 6.51. The number of hydrogen-bond acceptors (Lipinski definition) is 12. The summed E-state index contributed by atoms with van der Waals surface area (Å²) in [6.07, 6.45) is 10.6. The molecule has 4 aromatic carbocycles. The highest BCUT2D eigenvalue weighted by atomic mass is 16.5. The van der Waals surface area contributed by atoms with E-state index in [4.69, 9.17) is 39.4 Å². The molecule has 4 N–H and O–H groups in total. The topological polar surface area (TPSA) is 227 Å². The van der Waals surface area contributed by atoms with Crippen molar-refractivity contribution in [3.63, 3.8) is 0 Å². The Morgan fingerprint density at radius 2 is 0.778 bits per heavy atom. The molecule has 2 heterocycles. The van der Waals surface area contributed by atoms with E-state index in [9.17, 15) is 28.8 Å². The number of carboxylic acid groups (broad SMARTS) is 4. The van der Waals surface area contributed by atoms with Crippen LogP contribution in [0.5, 0.6) is 23.0 Å². The van der Waals surface area contributed by atoms with Gasteiger partial charge in [0.1, 0.15) is 0 Å². The Bertz CT molecular complexity index is 2320. The Morgan fingerprint density at radius 1 is 0.486 bits per heavy atom. The van der Waals surface area contributed by atoms with Crippen LogP contribution < -0.4 is 18.9 Å². The molecule has 16 nitrogen and oxygen atoms in total. The Morgan fingerprint density at radius 3 is 1.06 bits per heavy atom. The second-order valence-electron chi connectivity index (χ2n) is 18.2. The SMILES string of the molecule is COc1cc2c(cc1OC)C(=O)C(CC1CCN(Cc3ccccc3)CC1)C2.COc1cc2c(cc1OC)C(=O)C(CC1CCN(Cc3ccccc3)CC1)C2.O=C(O)/C=C\C(=O)O.O=C(O)/C=C\C(=O)O. The van der Waals surface area contributed by atoms with Gasteiger partial charge in [-0.15, -0.1) is 0 Å². The molecule has 2 fully saturated rings. The number of Topliss-reactive ketones (excluding diaryl/α,β-unsaturated/α-hetero) is 2. The maximum absolute atomic E-state index is 12.9. The standard InChI is InChI=1S/2C24H29NO3.2C4H4O4/c2*1-27-22-14-19-13-20(24(26)21(19)15-23(22)28-2)12-17-8-10-25(11-9-17)16-18-6-4-3-5-7-18;2*5-3(6)1-2-4(7)8/h2*3-7,14-15,17,20H,8-13,16H2,1-2H3;2*1-2H,(H,5,6)(H,7,8)/b;;2*2-1-. The molecule has 2 saturated heterocycles. The second-order valence-corrected chi connectivity index (χ2v) is 18.2. The molecule has 16 heteroatoms. The second kappa shape index (κ2) is 27.9. The number of ether oxygens (including phenoxy) is 4. The van der Waals surface area contributed by atoms with Crippen LogP contribution in [0.1, 0.15) is 81.5 Å². The number of aliphatic carboxylic acids is 4. The van der Waals surface area contributed by atoms with Crippen molar-refractivity contribution in [2.45, 2.75) is 64.5 Å². The minimum Gasteiger partial charge on any atom is -0.493 e. The maximum atomic E-state index is 12.9. The fourth-order valence-corrected chi connectivity index (χ4v) is 9.71. The summed E-state index contributed by atoms with van der Waals surface area (Å²) >= 11 is 0. The molecule has 2 aliphatic carbocycles. The van der Waals surface area contributed by atoms with Crippen LogP contribution in [-0.4, -0.2) is 120 Å². The lowest BCUT2D eigenvalue weighted by atomic mass is 9.85. The van der Waals surface area contributed by atoms with Gasteiger partial charge in [0.05, 0.1) is 28.4 Å². The maximum Gasteiger partial charge on any atom is 0.328 e. The third-order valence-corrected chi connectivity index (χ3v) is 13.3. The van der Waals surface area contributed by atoms with Gasteiger partial charge in [0, 0.05) is 60.4 Å². The molecule has 72 heavy (non-hydrogen) atoms. The lowest BCUT2D eigenvalue weighted by molar-refractivity contribution is -0.134. The molecule has 0 spiro atoms. The highest BCUT2D eigenvalue weighted by Crippen LogP contribution is 2.41. The number of nitrogens with zero attached hydrogens (tertiary/aromatic N) is 2. The molecule has 0 amide bonds. The van der Waals surface area contributed by atoms with Crippen LogP contribution in [0.4, 0.5) is 0 Å². The number of methoxy groups -OCH3 is 4. The third kappa shape index (κ3) is 16.9. The van der Waals surface area contributed by atoms with E-state index in [1.165, 1.54) is 36.8 Å². The summed E-state index contributed by atoms with van der Waals surface area (Å²) < 4.78 is 21.5. The average molecular weight is 991 g/mol. The van der Waals surface area contributed by atoms with Gasteiger partial charge in [-0.3, -0.25) is 19.4 Å². The van der Waals surface area contributed by atoms with Crippen molar-refractivity contribution in [3.8, 4) is 23.0 Å². The Balaban J connectivity index is 0.000000206. The van der Waals surface area contributed by atoms with Crippen LogP contribution in [0.15, 0.2) is 109 Å². The number of carboxylic acids is 4. The molecule has 2 aliphatic heterocycles. The first-order chi connectivity index (χ1) is 34.6. The summed E-state index contributed by atoms with van der Waals surface area (Å²) in [5.74, 6) is -0.264. The van der Waals surface area contributed by atoms with E-state index in [2.05, 4.69) is 70.5 Å². The van der Waals surface area contributed by atoms with E-state index in [1.54, 1.807) is 28.4 Å². The monoisotopic (exact) mass is 990 g/mol. The molecule has 0 aromatic heterocycles. The van der Waals surface area contributed by atoms with Gasteiger partial charge in [0.25, 0.3) is 0 Å². The largest absolute Gasteiger partial charge is 0.493 e. The molecule has 0 saturated carbocycles. The fourth-order valence-electron chi connectivity index (χ4n) is 9.71. The van der Waals surface area contributed by atoms with Gasteiger partial charge in [-0.05, 0) is 136 Å². The number of hydrogen-bond donors (Lipinski definition) is 4. The Labute approximate surface area is 420 Å². The van der Waals surface area contributed by atoms with E-state index < -0.39 is 23.9 Å². The predicted molar refractivity (Wildman–Crippen MR) is 269 cm³/mol. The summed E-state index contributed by atoms with van der Waals surface area (Å²) in [5, 5.41) is 31.2. The van der Waals surface area contributed by atoms with E-state index in [1.807, 2.05) is 24.3 Å². The minimum absolute atomic E-state index is 0.109. The summed E-state index contributed by atoms with van der Waals surface area (Å²) in [6.45, 7) is 6.54. The summed E-state index contributed by atoms with van der Waals surface area (Å²) in [4.78, 5) is 69.2. The first-order valence-corrected chi connectivity index (χ1v) is 24.0. The van der Waals surface area contributed by atoms with Crippen molar-refractivity contribution in [2.24, 2.45) is 23.7 Å². The average Bonchev–Trinajstić information content (AvgIpc) is 3.85. The van der Waals surface area contributed by atoms with Crippen LogP contribution in [0, 0.1) is 23.7 Å². The van der Waals surface area contributed by atoms with Crippen LogP contribution in [0.25, 0.3) is 0 Å². The zero-order valence-electron chi connectivity index (χ0n) is 41.4. The molecule has 4 aromatic rings. The van der Waals surface area contributed by atoms with Crippen molar-refractivity contribution < 1.29 is 68.1 Å². The molecule has 2 unspecified atom stereocenters. The number of benzene rings is 4. The number of rotatable bonds is 16. The van der Waals surface area contributed by atoms with Gasteiger partial charge < -0.3 is 39.4 Å². The lowest BCUT2D eigenvalue weighted by Crippen LogP contribution is -2.34. The number of piperidine rings is 2. The minimum atomic E-state index is -1.26. The van der Waals surface area contributed by atoms with Crippen LogP contribution >= 0.6 is 0 Å². The van der Waals surface area contributed by atoms with Gasteiger partial charge in [-0.2, -0.15) is 0 Å². The highest BCUT2D eigenvalue weighted by Gasteiger charge is 2.36. The smallest absolute Gasteiger partial charge is 0.328 e. The van der Waals surface area contributed by atoms with Crippen LogP contribution in [-0.2, 0) is 45.1 Å². The highest BCUT2D eigenvalue weighted by molar-refractivity contribution is 6.03. The number of carbonyl (C=O) groups is 6. The van der Waals surface area contributed by atoms with E-state index >= 15 is 0 Å². The molecule has 8 rings (SSSR count). The van der Waals surface area contributed by atoms with Crippen molar-refractivity contribution in [3.05, 3.63) is 143 Å². The Kier molecular flexibility index (Phi) is 21.6. The molecular weight excluding hydrogens is 925 g/mol. The normalized spacial score (nSPS) is 17.8. The number of carbonyl (C=O) groups excluding carboxylic acids is 2. The van der Waals surface area contributed by atoms with Crippen molar-refractivity contribution in [1.82, 2.24) is 9.80 Å². The summed E-state index contributed by atoms with van der Waals surface area (Å²) in [6, 6.07) is 29.0. The zero-order chi connectivity index (χ0) is 52.2. The number of fused-ring (bicyclic) bond motifs is 2. The zero-order valence-corrected chi connectivity index (χ0v) is 41.4. The third-order valence-electron chi connectivity index (χ3n) is 13.3. The molecule has 0 radical (unpaired) electrons. The number of likely N-dealkylation sites (tertiary alicyclic amines) is 2. The Hall–Kier alpha value is -7.30. The first kappa shape index (κ1) is 55.6. The molecular formula is C56H66N2O14. The molecule has 2 atom stereocenters. The van der Waals surface area contributed by atoms with Crippen molar-refractivity contribution in [1.29, 1.82) is 0 Å². The van der Waals surface area contributed by atoms with E-state index in [0.717, 1.165) is 87.2 Å². The van der Waals surface area contributed by atoms with Gasteiger partial charge in [0.15, 0.2) is 34.6 Å². The van der Waals surface area contributed by atoms with Crippen molar-refractivity contribution in [2.75, 3.05) is 54.6 Å². The predicted octanol–water partition coefficient (Wildman–Crippen LogP) is 8.15. The molecule has 0 bridgehead atoms. The van der Waals surface area contributed by atoms with Gasteiger partial charge in [0.2, 0.25) is 0 Å². The van der Waals surface area contributed by atoms with E-state index in [-0.39, 0.29) is 23.4 Å². The van der Waals surface area contributed by atoms with E-state index in [0.29, 0.717) is 59.1 Å². The van der Waals surface area contributed by atoms with Gasteiger partial charge >= 0.3 is 23.9 Å². The number of ketones is 2. The molecule has 4 aliphatic rings. The van der Waals surface area contributed by atoms with Gasteiger partial charge in [-0.25, -0.2) is 19.2 Å². The first-order valence-electron chi connectivity index (χ1n) is 24.0. The molecule has 384 valence electrons. The fraction of sp³-hybridized carbons (Fsp3) is 0.393. The van der Waals surface area contributed by atoms with Crippen molar-refractivity contribution >= 4 is 35.4 Å². The van der Waals surface area contributed by atoms with Crippen LogP contribution in [0.3, 0.4) is 0 Å².